The number of hydrogen-bond donors (Lipinski definition) is 1. The Morgan fingerprint density at radius 1 is 1.12 bits per heavy atom. The minimum Gasteiger partial charge on any atom is -0.391 e. The van der Waals surface area contributed by atoms with Crippen LogP contribution in [-0.4, -0.2) is 25.9 Å². The van der Waals surface area contributed by atoms with Crippen molar-refractivity contribution in [2.24, 2.45) is 0 Å². The van der Waals surface area contributed by atoms with E-state index in [1.807, 2.05) is 0 Å². The summed E-state index contributed by atoms with van der Waals surface area (Å²) in [6.45, 7) is 5.23. The number of hydrogen-bond acceptors (Lipinski definition) is 1. The summed E-state index contributed by atoms with van der Waals surface area (Å²) in [6, 6.07) is 0. The van der Waals surface area contributed by atoms with Crippen LogP contribution < -0.4 is 0 Å². The minimum atomic E-state index is -0.500. The van der Waals surface area contributed by atoms with Crippen LogP contribution in [-0.2, 0) is 0 Å². The van der Waals surface area contributed by atoms with E-state index < -0.39 is 5.60 Å². The summed E-state index contributed by atoms with van der Waals surface area (Å²) in [5.41, 5.74) is -0.500. The molecule has 0 aliphatic heterocycles. The molecule has 0 saturated carbocycles. The van der Waals surface area contributed by atoms with Crippen LogP contribution in [0, 0.1) is 0 Å². The monoisotopic (exact) mass is 131 g/mol. The molecule has 0 aromatic rings. The van der Waals surface area contributed by atoms with Crippen molar-refractivity contribution in [3.63, 3.8) is 0 Å². The molecule has 0 unspecified atom stereocenters. The third kappa shape index (κ3) is 808. The third-order valence-electron chi connectivity index (χ3n) is 0. The predicted octanol–water partition coefficient (Wildman–Crippen LogP) is 1.56. The van der Waals surface area contributed by atoms with E-state index >= 15 is 0 Å². The van der Waals surface area contributed by atoms with Crippen LogP contribution in [0.1, 0.15) is 20.8 Å². The molecule has 0 heterocycles. The topological polar surface area (TPSA) is 20.2 Å². The molecule has 0 bridgehead atoms. The quantitative estimate of drug-likeness (QED) is 0.495. The first kappa shape index (κ1) is 11.3. The van der Waals surface area contributed by atoms with Crippen molar-refractivity contribution in [1.82, 2.24) is 0 Å². The molecule has 0 saturated heterocycles. The Morgan fingerprint density at radius 2 is 1.12 bits per heavy atom. The smallest absolute Gasteiger partial charge is 0.191 e. The van der Waals surface area contributed by atoms with Crippen LogP contribution in [0.4, 0.5) is 0 Å². The molecule has 8 heavy (non-hydrogen) atoms. The van der Waals surface area contributed by atoms with Gasteiger partial charge < -0.3 is 5.11 Å². The molecule has 0 rings (SSSR count). The zero-order valence-electron chi connectivity index (χ0n) is 6.52. The second kappa shape index (κ2) is 5.63. The molecular formula is C6H16AlO. The van der Waals surface area contributed by atoms with E-state index in [0.717, 1.165) is 15.2 Å². The van der Waals surface area contributed by atoms with Crippen molar-refractivity contribution in [1.29, 1.82) is 0 Å². The standard InChI is InChI=1S/C4H10O.2CH3.Al/c1-4(2,3)5;;;/h5H,1-3H3;2*1H3;. The molecule has 0 aromatic heterocycles. The maximum atomic E-state index is 8.52. The van der Waals surface area contributed by atoms with Crippen molar-refractivity contribution in [2.45, 2.75) is 37.9 Å². The molecule has 0 aliphatic rings. The fourth-order valence-electron chi connectivity index (χ4n) is 0. The highest BCUT2D eigenvalue weighted by Crippen LogP contribution is 1.93. The second-order valence-electron chi connectivity index (χ2n) is 2.75. The molecule has 49 valence electrons. The average molecular weight is 131 g/mol. The Balaban J connectivity index is 0. The molecule has 0 amide bonds. The van der Waals surface area contributed by atoms with Crippen LogP contribution in [0.25, 0.3) is 0 Å². The summed E-state index contributed by atoms with van der Waals surface area (Å²) in [5.74, 6) is 4.42. The predicted molar refractivity (Wildman–Crippen MR) is 39.5 cm³/mol. The van der Waals surface area contributed by atoms with Crippen LogP contribution in [0.3, 0.4) is 0 Å². The second-order valence-corrected chi connectivity index (χ2v) is 3.90. The van der Waals surface area contributed by atoms with Gasteiger partial charge in [-0.05, 0) is 20.8 Å². The fraction of sp³-hybridized carbons (Fsp3) is 1.00. The van der Waals surface area contributed by atoms with E-state index in [-0.39, 0.29) is 0 Å². The average Bonchev–Trinajstić information content (AvgIpc) is 1.27. The molecule has 0 atom stereocenters. The van der Waals surface area contributed by atoms with Gasteiger partial charge in [-0.1, -0.05) is 0 Å². The van der Waals surface area contributed by atoms with Crippen molar-refractivity contribution >= 4 is 15.2 Å². The normalized spacial score (nSPS) is 9.25. The Kier molecular flexibility index (Phi) is 7.95. The zero-order chi connectivity index (χ0) is 7.21. The summed E-state index contributed by atoms with van der Waals surface area (Å²) in [4.78, 5) is 0. The van der Waals surface area contributed by atoms with Crippen molar-refractivity contribution in [3.05, 3.63) is 0 Å². The van der Waals surface area contributed by atoms with E-state index in [1.54, 1.807) is 20.8 Å². The van der Waals surface area contributed by atoms with Gasteiger partial charge in [0, 0.05) is 0 Å². The Hall–Kier alpha value is 0.492. The largest absolute Gasteiger partial charge is 0.391 e. The molecule has 1 radical (unpaired) electrons. The van der Waals surface area contributed by atoms with Gasteiger partial charge in [-0.15, -0.1) is 11.6 Å². The summed E-state index contributed by atoms with van der Waals surface area (Å²) in [6.07, 6.45) is 0. The van der Waals surface area contributed by atoms with Gasteiger partial charge in [0.1, 0.15) is 0 Å². The summed E-state index contributed by atoms with van der Waals surface area (Å²) < 4.78 is 0. The van der Waals surface area contributed by atoms with Crippen LogP contribution in [0.5, 0.6) is 0 Å². The lowest BCUT2D eigenvalue weighted by Gasteiger charge is -2.04. The lowest BCUT2D eigenvalue weighted by atomic mass is 10.2. The molecule has 0 aromatic carbocycles. The number of aliphatic hydroxyl groups is 1. The maximum absolute atomic E-state index is 8.52. The minimum absolute atomic E-state index is 0.500. The first-order chi connectivity index (χ1) is 3.41. The lowest BCUT2D eigenvalue weighted by Crippen LogP contribution is -2.10. The van der Waals surface area contributed by atoms with E-state index in [1.165, 1.54) is 0 Å². The van der Waals surface area contributed by atoms with Gasteiger partial charge in [-0.25, -0.2) is 0 Å². The maximum Gasteiger partial charge on any atom is 0.191 e. The molecular weight excluding hydrogens is 115 g/mol. The van der Waals surface area contributed by atoms with Gasteiger partial charge >= 0.3 is 0 Å². The highest BCUT2D eigenvalue weighted by Gasteiger charge is 1.97. The van der Waals surface area contributed by atoms with Gasteiger partial charge in [0.05, 0.1) is 5.60 Å². The molecule has 1 N–H and O–H groups in total. The SMILES string of the molecule is CC(C)(C)O.[CH3][Al][CH3]. The highest BCUT2D eigenvalue weighted by molar-refractivity contribution is 6.31. The molecule has 2 heteroatoms. The lowest BCUT2D eigenvalue weighted by molar-refractivity contribution is 0.102. The van der Waals surface area contributed by atoms with E-state index in [0.29, 0.717) is 0 Å². The van der Waals surface area contributed by atoms with Crippen molar-refractivity contribution < 1.29 is 5.11 Å². The van der Waals surface area contributed by atoms with Gasteiger partial charge in [0.25, 0.3) is 0 Å². The van der Waals surface area contributed by atoms with Crippen LogP contribution >= 0.6 is 0 Å². The summed E-state index contributed by atoms with van der Waals surface area (Å²) in [5, 5.41) is 8.52. The zero-order valence-corrected chi connectivity index (χ0v) is 7.68. The third-order valence-corrected chi connectivity index (χ3v) is 0. The fourth-order valence-corrected chi connectivity index (χ4v) is 0. The first-order valence-corrected chi connectivity index (χ1v) is 5.19. The van der Waals surface area contributed by atoms with Crippen molar-refractivity contribution in [2.75, 3.05) is 0 Å². The molecule has 0 aliphatic carbocycles. The van der Waals surface area contributed by atoms with Gasteiger partial charge in [0.2, 0.25) is 0 Å². The van der Waals surface area contributed by atoms with Crippen molar-refractivity contribution in [3.8, 4) is 0 Å². The van der Waals surface area contributed by atoms with Crippen LogP contribution in [0.2, 0.25) is 11.6 Å². The molecule has 1 nitrogen and oxygen atoms in total. The number of rotatable bonds is 0. The molecule has 0 spiro atoms. The van der Waals surface area contributed by atoms with Crippen LogP contribution in [0.15, 0.2) is 0 Å². The first-order valence-electron chi connectivity index (χ1n) is 2.88. The van der Waals surface area contributed by atoms with E-state index in [4.69, 9.17) is 5.11 Å². The van der Waals surface area contributed by atoms with Gasteiger partial charge in [0.15, 0.2) is 15.2 Å². The Labute approximate surface area is 58.8 Å². The summed E-state index contributed by atoms with van der Waals surface area (Å²) >= 11 is 0.750. The highest BCUT2D eigenvalue weighted by atomic mass is 27.1. The molecule has 0 fully saturated rings. The van der Waals surface area contributed by atoms with E-state index in [9.17, 15) is 0 Å². The summed E-state index contributed by atoms with van der Waals surface area (Å²) in [7, 11) is 0. The van der Waals surface area contributed by atoms with Gasteiger partial charge in [-0.2, -0.15) is 0 Å². The Morgan fingerprint density at radius 3 is 1.12 bits per heavy atom. The van der Waals surface area contributed by atoms with E-state index in [2.05, 4.69) is 11.6 Å². The van der Waals surface area contributed by atoms with Gasteiger partial charge in [-0.3, -0.25) is 0 Å². The Bertz CT molecular complexity index is 32.3.